The monoisotopic (exact) mass is 374 g/mol. The maximum Gasteiger partial charge on any atom is 0.242 e. The van der Waals surface area contributed by atoms with Gasteiger partial charge in [0.05, 0.1) is 5.75 Å². The molecule has 0 radical (unpaired) electrons. The molecule has 0 bridgehead atoms. The number of alkyl halides is 1. The van der Waals surface area contributed by atoms with Gasteiger partial charge in [0.2, 0.25) is 11.8 Å². The minimum Gasteiger partial charge on any atom is -0.325 e. The molecule has 25 heavy (non-hydrogen) atoms. The zero-order chi connectivity index (χ0) is 18.0. The molecular formula is C19H19ClN2O2S. The first-order chi connectivity index (χ1) is 12.0. The van der Waals surface area contributed by atoms with E-state index in [2.05, 4.69) is 5.32 Å². The average Bonchev–Trinajstić information content (AvgIpc) is 2.97. The van der Waals surface area contributed by atoms with Crippen LogP contribution in [0.5, 0.6) is 0 Å². The summed E-state index contributed by atoms with van der Waals surface area (Å²) in [5, 5.41) is 2.11. The molecule has 2 atom stereocenters. The Morgan fingerprint density at radius 2 is 1.92 bits per heavy atom. The number of halogens is 1. The van der Waals surface area contributed by atoms with Gasteiger partial charge in [-0.2, -0.15) is 0 Å². The van der Waals surface area contributed by atoms with Crippen molar-refractivity contribution >= 4 is 46.6 Å². The molecule has 6 heteroatoms. The van der Waals surface area contributed by atoms with Gasteiger partial charge >= 0.3 is 0 Å². The van der Waals surface area contributed by atoms with E-state index < -0.39 is 5.38 Å². The largest absolute Gasteiger partial charge is 0.325 e. The maximum atomic E-state index is 12.4. The molecule has 1 aliphatic heterocycles. The molecule has 130 valence electrons. The number of aryl methyl sites for hydroxylation is 1. The topological polar surface area (TPSA) is 49.4 Å². The molecule has 1 heterocycles. The lowest BCUT2D eigenvalue weighted by molar-refractivity contribution is -0.116. The third-order valence-electron chi connectivity index (χ3n) is 4.07. The third kappa shape index (κ3) is 3.83. The molecule has 2 aromatic carbocycles. The van der Waals surface area contributed by atoms with Crippen molar-refractivity contribution in [1.29, 1.82) is 0 Å². The quantitative estimate of drug-likeness (QED) is 0.810. The molecule has 0 aromatic heterocycles. The molecule has 0 aliphatic carbocycles. The van der Waals surface area contributed by atoms with E-state index in [1.807, 2.05) is 60.4 Å². The van der Waals surface area contributed by atoms with Crippen LogP contribution in [0.1, 0.15) is 23.4 Å². The van der Waals surface area contributed by atoms with E-state index in [1.54, 1.807) is 18.7 Å². The molecule has 0 unspecified atom stereocenters. The van der Waals surface area contributed by atoms with Crippen molar-refractivity contribution in [2.75, 3.05) is 16.0 Å². The van der Waals surface area contributed by atoms with Crippen LogP contribution in [0.25, 0.3) is 0 Å². The van der Waals surface area contributed by atoms with Crippen LogP contribution in [0.4, 0.5) is 11.4 Å². The third-order valence-corrected chi connectivity index (χ3v) is 5.48. The van der Waals surface area contributed by atoms with Gasteiger partial charge in [-0.25, -0.2) is 0 Å². The van der Waals surface area contributed by atoms with Crippen molar-refractivity contribution in [2.24, 2.45) is 0 Å². The number of hydrogen-bond donors (Lipinski definition) is 1. The molecule has 3 rings (SSSR count). The van der Waals surface area contributed by atoms with E-state index in [1.165, 1.54) is 0 Å². The van der Waals surface area contributed by atoms with E-state index >= 15 is 0 Å². The van der Waals surface area contributed by atoms with E-state index in [-0.39, 0.29) is 17.2 Å². The number of rotatable bonds is 4. The summed E-state index contributed by atoms with van der Waals surface area (Å²) in [5.41, 5.74) is 3.73. The van der Waals surface area contributed by atoms with E-state index in [0.29, 0.717) is 11.4 Å². The number of carbonyl (C=O) groups excluding carboxylic acids is 2. The molecule has 0 saturated carbocycles. The number of thioether (sulfide) groups is 1. The Kier molecular flexibility index (Phi) is 5.35. The second kappa shape index (κ2) is 7.50. The van der Waals surface area contributed by atoms with Crippen molar-refractivity contribution in [3.05, 3.63) is 59.7 Å². The molecule has 2 aromatic rings. The Labute approximate surface area is 156 Å². The number of amides is 2. The predicted molar refractivity (Wildman–Crippen MR) is 104 cm³/mol. The Bertz CT molecular complexity index is 792. The number of hydrogen-bond acceptors (Lipinski definition) is 3. The highest BCUT2D eigenvalue weighted by molar-refractivity contribution is 8.00. The Morgan fingerprint density at radius 1 is 1.24 bits per heavy atom. The van der Waals surface area contributed by atoms with Gasteiger partial charge < -0.3 is 5.32 Å². The van der Waals surface area contributed by atoms with E-state index in [0.717, 1.165) is 16.8 Å². The number of nitrogens with one attached hydrogen (secondary N) is 1. The smallest absolute Gasteiger partial charge is 0.242 e. The van der Waals surface area contributed by atoms with Crippen LogP contribution in [-0.2, 0) is 9.59 Å². The van der Waals surface area contributed by atoms with Crippen molar-refractivity contribution < 1.29 is 9.59 Å². The van der Waals surface area contributed by atoms with E-state index in [4.69, 9.17) is 11.6 Å². The van der Waals surface area contributed by atoms with Crippen LogP contribution in [0.15, 0.2) is 48.5 Å². The summed E-state index contributed by atoms with van der Waals surface area (Å²) in [7, 11) is 0. The van der Waals surface area contributed by atoms with Crippen molar-refractivity contribution in [3.8, 4) is 0 Å². The maximum absolute atomic E-state index is 12.4. The van der Waals surface area contributed by atoms with Crippen LogP contribution < -0.4 is 10.2 Å². The second-order valence-corrected chi connectivity index (χ2v) is 7.66. The molecule has 0 spiro atoms. The van der Waals surface area contributed by atoms with Gasteiger partial charge in [0.15, 0.2) is 0 Å². The van der Waals surface area contributed by atoms with Crippen LogP contribution in [0.3, 0.4) is 0 Å². The number of benzene rings is 2. The fourth-order valence-corrected chi connectivity index (χ4v) is 3.96. The summed E-state index contributed by atoms with van der Waals surface area (Å²) < 4.78 is 0. The van der Waals surface area contributed by atoms with Gasteiger partial charge in [-0.1, -0.05) is 30.3 Å². The van der Waals surface area contributed by atoms with Gasteiger partial charge in [-0.15, -0.1) is 23.4 Å². The number of para-hydroxylation sites is 1. The average molecular weight is 375 g/mol. The van der Waals surface area contributed by atoms with Gasteiger partial charge in [0, 0.05) is 11.4 Å². The lowest BCUT2D eigenvalue weighted by Gasteiger charge is -2.26. The summed E-state index contributed by atoms with van der Waals surface area (Å²) in [6, 6.07) is 15.5. The van der Waals surface area contributed by atoms with Gasteiger partial charge in [0.1, 0.15) is 10.8 Å². The lowest BCUT2D eigenvalue weighted by Crippen LogP contribution is -2.28. The van der Waals surface area contributed by atoms with Gasteiger partial charge in [-0.3, -0.25) is 14.5 Å². The normalized spacial score (nSPS) is 18.3. The van der Waals surface area contributed by atoms with Crippen molar-refractivity contribution in [2.45, 2.75) is 24.6 Å². The SMILES string of the molecule is Cc1ccccc1N1C(=O)CS[C@H]1c1ccc(NC(=O)[C@@H](C)Cl)cc1. The molecule has 1 aliphatic rings. The standard InChI is InChI=1S/C19H19ClN2O2S/c1-12-5-3-4-6-16(12)22-17(23)11-25-19(22)14-7-9-15(10-8-14)21-18(24)13(2)20/h3-10,13,19H,11H2,1-2H3,(H,21,24)/t13-,19+/m1/s1. The fourth-order valence-electron chi connectivity index (χ4n) is 2.74. The van der Waals surface area contributed by atoms with Crippen molar-refractivity contribution in [1.82, 2.24) is 0 Å². The summed E-state index contributed by atoms with van der Waals surface area (Å²) in [6.45, 7) is 3.64. The Morgan fingerprint density at radius 3 is 2.56 bits per heavy atom. The highest BCUT2D eigenvalue weighted by Gasteiger charge is 2.34. The van der Waals surface area contributed by atoms with Gasteiger partial charge in [0.25, 0.3) is 0 Å². The van der Waals surface area contributed by atoms with E-state index in [9.17, 15) is 9.59 Å². The lowest BCUT2D eigenvalue weighted by atomic mass is 10.1. The molecule has 2 amide bonds. The molecule has 1 N–H and O–H groups in total. The van der Waals surface area contributed by atoms with Crippen LogP contribution in [0, 0.1) is 6.92 Å². The van der Waals surface area contributed by atoms with Gasteiger partial charge in [-0.05, 0) is 43.2 Å². The molecule has 4 nitrogen and oxygen atoms in total. The molecular weight excluding hydrogens is 356 g/mol. The Hall–Kier alpha value is -1.98. The number of carbonyl (C=O) groups is 2. The first-order valence-corrected chi connectivity index (χ1v) is 9.50. The van der Waals surface area contributed by atoms with Crippen molar-refractivity contribution in [3.63, 3.8) is 0 Å². The van der Waals surface area contributed by atoms with Crippen LogP contribution in [-0.4, -0.2) is 22.9 Å². The van der Waals surface area contributed by atoms with Crippen LogP contribution in [0.2, 0.25) is 0 Å². The second-order valence-electron chi connectivity index (χ2n) is 5.94. The minimum absolute atomic E-state index is 0.0645. The minimum atomic E-state index is -0.584. The number of nitrogens with zero attached hydrogens (tertiary/aromatic N) is 1. The Balaban J connectivity index is 1.84. The highest BCUT2D eigenvalue weighted by atomic mass is 35.5. The fraction of sp³-hybridized carbons (Fsp3) is 0.263. The summed E-state index contributed by atoms with van der Waals surface area (Å²) in [4.78, 5) is 26.0. The predicted octanol–water partition coefficient (Wildman–Crippen LogP) is 4.34. The summed E-state index contributed by atoms with van der Waals surface area (Å²) >= 11 is 7.38. The first-order valence-electron chi connectivity index (χ1n) is 8.01. The summed E-state index contributed by atoms with van der Waals surface area (Å²) in [5.74, 6) is 0.334. The van der Waals surface area contributed by atoms with Crippen LogP contribution >= 0.6 is 23.4 Å². The number of anilines is 2. The molecule has 1 fully saturated rings. The first kappa shape index (κ1) is 17.8. The zero-order valence-electron chi connectivity index (χ0n) is 14.0. The zero-order valence-corrected chi connectivity index (χ0v) is 15.6. The molecule has 1 saturated heterocycles. The summed E-state index contributed by atoms with van der Waals surface area (Å²) in [6.07, 6.45) is 0. The highest BCUT2D eigenvalue weighted by Crippen LogP contribution is 2.42.